The number of anilines is 2. The summed E-state index contributed by atoms with van der Waals surface area (Å²) in [6.07, 6.45) is -0.205. The minimum atomic E-state index is -0.781. The van der Waals surface area contributed by atoms with Gasteiger partial charge in [-0.15, -0.1) is 0 Å². The molecular weight excluding hydrogens is 316 g/mol. The Labute approximate surface area is 137 Å². The average molecular weight is 336 g/mol. The van der Waals surface area contributed by atoms with Gasteiger partial charge in [-0.2, -0.15) is 9.97 Å². The molecule has 2 aromatic rings. The smallest absolute Gasteiger partial charge is 0.233 e. The molecule has 0 radical (unpaired) electrons. The fourth-order valence-corrected chi connectivity index (χ4v) is 2.51. The zero-order valence-corrected chi connectivity index (χ0v) is 13.4. The second-order valence-electron chi connectivity index (χ2n) is 6.02. The van der Waals surface area contributed by atoms with Crippen LogP contribution in [0.3, 0.4) is 0 Å². The van der Waals surface area contributed by atoms with Crippen LogP contribution in [-0.2, 0) is 9.53 Å². The standard InChI is InChI=1S/C14H20N6O4/c1-6(2)13(23)19-14-17-11(15)10-12(18-14)20(5-16-10)9-3-7(22)8(4-21)24-9/h5-9,21-22H,3-4H2,1-2H3,(H3,15,17,18,19,23)/t7-,8+,9+/m0/s1. The van der Waals surface area contributed by atoms with E-state index in [2.05, 4.69) is 20.3 Å². The van der Waals surface area contributed by atoms with E-state index in [1.165, 1.54) is 6.33 Å². The third-order valence-electron chi connectivity index (χ3n) is 3.90. The quantitative estimate of drug-likeness (QED) is 0.591. The lowest BCUT2D eigenvalue weighted by Crippen LogP contribution is -2.24. The van der Waals surface area contributed by atoms with Gasteiger partial charge in [-0.25, -0.2) is 4.98 Å². The van der Waals surface area contributed by atoms with Crippen LogP contribution in [0.4, 0.5) is 11.8 Å². The maximum absolute atomic E-state index is 11.8. The maximum atomic E-state index is 11.8. The fraction of sp³-hybridized carbons (Fsp3) is 0.571. The molecule has 5 N–H and O–H groups in total. The molecule has 2 aromatic heterocycles. The Morgan fingerprint density at radius 1 is 1.54 bits per heavy atom. The molecular formula is C14H20N6O4. The Kier molecular flexibility index (Phi) is 4.35. The Bertz CT molecular complexity index is 761. The Morgan fingerprint density at radius 2 is 2.29 bits per heavy atom. The van der Waals surface area contributed by atoms with E-state index in [0.29, 0.717) is 11.2 Å². The Morgan fingerprint density at radius 3 is 2.92 bits per heavy atom. The first-order valence-electron chi connectivity index (χ1n) is 7.66. The number of hydrogen-bond donors (Lipinski definition) is 4. The van der Waals surface area contributed by atoms with Gasteiger partial charge < -0.3 is 20.7 Å². The van der Waals surface area contributed by atoms with E-state index in [1.807, 2.05) is 0 Å². The molecule has 0 aromatic carbocycles. The Balaban J connectivity index is 1.95. The summed E-state index contributed by atoms with van der Waals surface area (Å²) in [5.41, 5.74) is 6.66. The Hall–Kier alpha value is -2.30. The van der Waals surface area contributed by atoms with Gasteiger partial charge in [-0.1, -0.05) is 13.8 Å². The number of nitrogens with one attached hydrogen (secondary N) is 1. The van der Waals surface area contributed by atoms with Crippen LogP contribution in [0.25, 0.3) is 11.2 Å². The van der Waals surface area contributed by atoms with Gasteiger partial charge in [0.05, 0.1) is 19.0 Å². The number of fused-ring (bicyclic) bond motifs is 1. The number of aliphatic hydroxyl groups excluding tert-OH is 2. The van der Waals surface area contributed by atoms with Crippen LogP contribution in [-0.4, -0.2) is 54.5 Å². The zero-order valence-electron chi connectivity index (χ0n) is 13.4. The highest BCUT2D eigenvalue weighted by Gasteiger charge is 2.35. The van der Waals surface area contributed by atoms with Crippen molar-refractivity contribution >= 4 is 28.8 Å². The fourth-order valence-electron chi connectivity index (χ4n) is 2.51. The highest BCUT2D eigenvalue weighted by Crippen LogP contribution is 2.31. The normalized spacial score (nSPS) is 24.0. The number of aliphatic hydroxyl groups is 2. The summed E-state index contributed by atoms with van der Waals surface area (Å²) in [5.74, 6) is -0.241. The topological polar surface area (TPSA) is 148 Å². The van der Waals surface area contributed by atoms with Gasteiger partial charge in [0.25, 0.3) is 0 Å². The highest BCUT2D eigenvalue weighted by atomic mass is 16.5. The molecule has 1 aliphatic heterocycles. The predicted octanol–water partition coefficient (Wildman–Crippen LogP) is -0.356. The number of nitrogens with two attached hydrogens (primary N) is 1. The van der Waals surface area contributed by atoms with Crippen LogP contribution in [0.15, 0.2) is 6.33 Å². The van der Waals surface area contributed by atoms with E-state index >= 15 is 0 Å². The minimum absolute atomic E-state index is 0.0812. The molecule has 130 valence electrons. The highest BCUT2D eigenvalue weighted by molar-refractivity contribution is 5.92. The monoisotopic (exact) mass is 336 g/mol. The lowest BCUT2D eigenvalue weighted by atomic mass is 10.2. The first-order valence-corrected chi connectivity index (χ1v) is 7.66. The van der Waals surface area contributed by atoms with Crippen molar-refractivity contribution in [3.05, 3.63) is 6.33 Å². The summed E-state index contributed by atoms with van der Waals surface area (Å²) in [5, 5.41) is 21.7. The number of amides is 1. The van der Waals surface area contributed by atoms with Gasteiger partial charge in [0.1, 0.15) is 17.8 Å². The number of rotatable bonds is 4. The molecule has 3 atom stereocenters. The van der Waals surface area contributed by atoms with Gasteiger partial charge in [0, 0.05) is 12.3 Å². The van der Waals surface area contributed by atoms with Crippen molar-refractivity contribution in [3.63, 3.8) is 0 Å². The third-order valence-corrected chi connectivity index (χ3v) is 3.90. The number of nitrogens with zero attached hydrogens (tertiary/aromatic N) is 4. The van der Waals surface area contributed by atoms with Gasteiger partial charge in [-0.3, -0.25) is 14.7 Å². The summed E-state index contributed by atoms with van der Waals surface area (Å²) in [4.78, 5) is 24.3. The van der Waals surface area contributed by atoms with E-state index in [9.17, 15) is 15.0 Å². The molecule has 1 fully saturated rings. The van der Waals surface area contributed by atoms with E-state index in [0.717, 1.165) is 0 Å². The van der Waals surface area contributed by atoms with E-state index in [-0.39, 0.29) is 36.6 Å². The van der Waals surface area contributed by atoms with Crippen LogP contribution in [0.5, 0.6) is 0 Å². The van der Waals surface area contributed by atoms with Crippen molar-refractivity contribution < 1.29 is 19.7 Å². The molecule has 10 nitrogen and oxygen atoms in total. The minimum Gasteiger partial charge on any atom is -0.394 e. The first-order chi connectivity index (χ1) is 11.4. The molecule has 0 bridgehead atoms. The number of hydrogen-bond acceptors (Lipinski definition) is 8. The number of ether oxygens (including phenoxy) is 1. The van der Waals surface area contributed by atoms with Crippen molar-refractivity contribution in [1.82, 2.24) is 19.5 Å². The molecule has 1 aliphatic rings. The van der Waals surface area contributed by atoms with Gasteiger partial charge in [0.15, 0.2) is 11.5 Å². The molecule has 0 spiro atoms. The molecule has 24 heavy (non-hydrogen) atoms. The predicted molar refractivity (Wildman–Crippen MR) is 84.8 cm³/mol. The lowest BCUT2D eigenvalue weighted by Gasteiger charge is -2.14. The zero-order chi connectivity index (χ0) is 17.4. The van der Waals surface area contributed by atoms with Crippen molar-refractivity contribution in [2.75, 3.05) is 17.7 Å². The lowest BCUT2D eigenvalue weighted by molar-refractivity contribution is -0.118. The molecule has 0 unspecified atom stereocenters. The summed E-state index contributed by atoms with van der Waals surface area (Å²) in [6, 6.07) is 0. The van der Waals surface area contributed by atoms with Crippen molar-refractivity contribution in [2.24, 2.45) is 5.92 Å². The molecule has 10 heteroatoms. The van der Waals surface area contributed by atoms with Crippen LogP contribution in [0.1, 0.15) is 26.5 Å². The number of aromatic nitrogens is 4. The largest absolute Gasteiger partial charge is 0.394 e. The SMILES string of the molecule is CC(C)C(=O)Nc1nc(N)c2ncn([C@H]3C[C@H](O)[C@@H](CO)O3)c2n1. The second-order valence-corrected chi connectivity index (χ2v) is 6.02. The number of carbonyl (C=O) groups excluding carboxylic acids is 1. The summed E-state index contributed by atoms with van der Waals surface area (Å²) in [6.45, 7) is 3.23. The molecule has 0 saturated carbocycles. The summed E-state index contributed by atoms with van der Waals surface area (Å²) < 4.78 is 7.22. The van der Waals surface area contributed by atoms with Crippen LogP contribution < -0.4 is 11.1 Å². The first kappa shape index (κ1) is 16.6. The molecule has 1 amide bonds. The average Bonchev–Trinajstić information content (AvgIpc) is 3.10. The van der Waals surface area contributed by atoms with Crippen molar-refractivity contribution in [1.29, 1.82) is 0 Å². The number of imidazole rings is 1. The van der Waals surface area contributed by atoms with E-state index in [4.69, 9.17) is 10.5 Å². The number of nitrogen functional groups attached to an aromatic ring is 1. The van der Waals surface area contributed by atoms with Crippen molar-refractivity contribution in [3.8, 4) is 0 Å². The van der Waals surface area contributed by atoms with Gasteiger partial charge in [0.2, 0.25) is 11.9 Å². The molecule has 0 aliphatic carbocycles. The number of carbonyl (C=O) groups is 1. The van der Waals surface area contributed by atoms with E-state index in [1.54, 1.807) is 18.4 Å². The van der Waals surface area contributed by atoms with Gasteiger partial charge >= 0.3 is 0 Å². The third kappa shape index (κ3) is 2.90. The molecule has 1 saturated heterocycles. The summed E-state index contributed by atoms with van der Waals surface area (Å²) in [7, 11) is 0. The molecule has 3 rings (SSSR count). The van der Waals surface area contributed by atoms with E-state index < -0.39 is 18.4 Å². The van der Waals surface area contributed by atoms with Crippen LogP contribution >= 0.6 is 0 Å². The van der Waals surface area contributed by atoms with Crippen LogP contribution in [0.2, 0.25) is 0 Å². The van der Waals surface area contributed by atoms with Gasteiger partial charge in [-0.05, 0) is 0 Å². The summed E-state index contributed by atoms with van der Waals surface area (Å²) >= 11 is 0. The maximum Gasteiger partial charge on any atom is 0.233 e. The molecule has 3 heterocycles. The van der Waals surface area contributed by atoms with Crippen molar-refractivity contribution in [2.45, 2.75) is 38.7 Å². The second kappa shape index (κ2) is 6.30. The van der Waals surface area contributed by atoms with Crippen LogP contribution in [0, 0.1) is 5.92 Å².